The van der Waals surface area contributed by atoms with Gasteiger partial charge in [-0.3, -0.25) is 9.78 Å². The van der Waals surface area contributed by atoms with Crippen molar-refractivity contribution in [1.82, 2.24) is 14.9 Å². The van der Waals surface area contributed by atoms with Crippen LogP contribution in [-0.2, 0) is 16.0 Å². The number of nitrogens with one attached hydrogen (secondary N) is 1. The molecule has 29 heavy (non-hydrogen) atoms. The summed E-state index contributed by atoms with van der Waals surface area (Å²) in [4.78, 5) is 22.6. The van der Waals surface area contributed by atoms with Crippen LogP contribution in [0.2, 0.25) is 5.02 Å². The summed E-state index contributed by atoms with van der Waals surface area (Å²) in [6, 6.07) is 11.8. The van der Waals surface area contributed by atoms with E-state index in [9.17, 15) is 4.79 Å². The van der Waals surface area contributed by atoms with E-state index >= 15 is 0 Å². The first-order valence-corrected chi connectivity index (χ1v) is 10.5. The molecule has 0 aliphatic carbocycles. The van der Waals surface area contributed by atoms with Crippen LogP contribution in [0.4, 0.5) is 0 Å². The maximum atomic E-state index is 12.7. The zero-order valence-electron chi connectivity index (χ0n) is 16.8. The zero-order valence-corrected chi connectivity index (χ0v) is 17.6. The Bertz CT molecular complexity index is 992. The Balaban J connectivity index is 1.53. The molecule has 1 fully saturated rings. The summed E-state index contributed by atoms with van der Waals surface area (Å²) in [5.41, 5.74) is 4.10. The number of fused-ring (bicyclic) bond motifs is 1. The third-order valence-electron chi connectivity index (χ3n) is 5.38. The Morgan fingerprint density at radius 1 is 1.24 bits per heavy atom. The number of carbonyl (C=O) groups is 1. The molecule has 152 valence electrons. The molecule has 2 aromatic heterocycles. The second-order valence-electron chi connectivity index (χ2n) is 7.79. The number of H-pyrrole nitrogens is 1. The number of halogens is 1. The van der Waals surface area contributed by atoms with Crippen molar-refractivity contribution in [1.29, 1.82) is 0 Å². The molecule has 1 N–H and O–H groups in total. The number of amides is 1. The molecular formula is C23H26ClN3O2. The molecular weight excluding hydrogens is 386 g/mol. The van der Waals surface area contributed by atoms with Gasteiger partial charge < -0.3 is 14.6 Å². The van der Waals surface area contributed by atoms with E-state index in [2.05, 4.69) is 9.97 Å². The van der Waals surface area contributed by atoms with Gasteiger partial charge in [-0.2, -0.15) is 0 Å². The summed E-state index contributed by atoms with van der Waals surface area (Å²) in [6.45, 7) is 5.38. The first-order chi connectivity index (χ1) is 14.0. The van der Waals surface area contributed by atoms with E-state index in [0.717, 1.165) is 40.7 Å². The third kappa shape index (κ3) is 4.46. The van der Waals surface area contributed by atoms with Gasteiger partial charge in [-0.25, -0.2) is 0 Å². The third-order valence-corrected chi connectivity index (χ3v) is 5.61. The number of carbonyl (C=O) groups excluding carboxylic acids is 1. The molecule has 1 aromatic carbocycles. The normalized spacial score (nSPS) is 19.6. The fraction of sp³-hybridized carbons (Fsp3) is 0.391. The van der Waals surface area contributed by atoms with Crippen LogP contribution >= 0.6 is 11.6 Å². The number of hydrogen-bond acceptors (Lipinski definition) is 3. The van der Waals surface area contributed by atoms with E-state index in [4.69, 9.17) is 16.3 Å². The minimum atomic E-state index is 0.0919. The summed E-state index contributed by atoms with van der Waals surface area (Å²) in [7, 11) is 0. The zero-order chi connectivity index (χ0) is 20.4. The summed E-state index contributed by atoms with van der Waals surface area (Å²) in [6.07, 6.45) is 4.06. The lowest BCUT2D eigenvalue weighted by molar-refractivity contribution is -0.143. The number of aromatic amines is 1. The van der Waals surface area contributed by atoms with Gasteiger partial charge >= 0.3 is 0 Å². The minimum absolute atomic E-state index is 0.0919. The number of pyridine rings is 1. The molecule has 5 nitrogen and oxygen atoms in total. The highest BCUT2D eigenvalue weighted by molar-refractivity contribution is 6.31. The van der Waals surface area contributed by atoms with E-state index in [1.807, 2.05) is 55.1 Å². The van der Waals surface area contributed by atoms with E-state index in [1.165, 1.54) is 0 Å². The number of hydrogen-bond donors (Lipinski definition) is 1. The van der Waals surface area contributed by atoms with E-state index in [-0.39, 0.29) is 18.1 Å². The number of nitrogens with zero attached hydrogens (tertiary/aromatic N) is 2. The smallest absolute Gasteiger partial charge is 0.222 e. The lowest BCUT2D eigenvalue weighted by Gasteiger charge is -2.35. The lowest BCUT2D eigenvalue weighted by atomic mass is 10.0. The van der Waals surface area contributed by atoms with Gasteiger partial charge in [0, 0.05) is 41.6 Å². The number of benzene rings is 1. The first kappa shape index (κ1) is 19.9. The highest BCUT2D eigenvalue weighted by Crippen LogP contribution is 2.32. The quantitative estimate of drug-likeness (QED) is 0.653. The average molecular weight is 412 g/mol. The topological polar surface area (TPSA) is 58.2 Å². The number of ether oxygens (including phenoxy) is 1. The van der Waals surface area contributed by atoms with Gasteiger partial charge in [-0.1, -0.05) is 17.7 Å². The van der Waals surface area contributed by atoms with Crippen molar-refractivity contribution < 1.29 is 9.53 Å². The fourth-order valence-electron chi connectivity index (χ4n) is 4.16. The van der Waals surface area contributed by atoms with Gasteiger partial charge in [-0.05, 0) is 62.6 Å². The van der Waals surface area contributed by atoms with Crippen molar-refractivity contribution in [2.24, 2.45) is 0 Å². The molecule has 1 saturated heterocycles. The summed E-state index contributed by atoms with van der Waals surface area (Å²) >= 11 is 6.26. The number of aromatic nitrogens is 2. The Labute approximate surface area is 176 Å². The SMILES string of the molecule is CC1CN(C(=O)CCCc2c(-c3ccccn3)[nH]c3ccc(Cl)cc23)CC(C)O1. The molecule has 2 atom stereocenters. The molecule has 2 unspecified atom stereocenters. The van der Waals surface area contributed by atoms with E-state index in [0.29, 0.717) is 24.5 Å². The van der Waals surface area contributed by atoms with Crippen LogP contribution in [0.5, 0.6) is 0 Å². The van der Waals surface area contributed by atoms with Gasteiger partial charge in [0.15, 0.2) is 0 Å². The van der Waals surface area contributed by atoms with Gasteiger partial charge in [0.2, 0.25) is 5.91 Å². The van der Waals surface area contributed by atoms with Crippen molar-refractivity contribution in [3.05, 3.63) is 53.2 Å². The molecule has 3 heterocycles. The monoisotopic (exact) mass is 411 g/mol. The molecule has 0 spiro atoms. The van der Waals surface area contributed by atoms with Gasteiger partial charge in [0.1, 0.15) is 0 Å². The van der Waals surface area contributed by atoms with Crippen molar-refractivity contribution in [2.75, 3.05) is 13.1 Å². The predicted molar refractivity (Wildman–Crippen MR) is 116 cm³/mol. The largest absolute Gasteiger partial charge is 0.372 e. The molecule has 0 saturated carbocycles. The van der Waals surface area contributed by atoms with Crippen molar-refractivity contribution in [3.63, 3.8) is 0 Å². The molecule has 1 amide bonds. The fourth-order valence-corrected chi connectivity index (χ4v) is 4.34. The van der Waals surface area contributed by atoms with Crippen LogP contribution in [0, 0.1) is 0 Å². The Morgan fingerprint density at radius 2 is 2.03 bits per heavy atom. The Morgan fingerprint density at radius 3 is 2.76 bits per heavy atom. The Hall–Kier alpha value is -2.37. The highest BCUT2D eigenvalue weighted by atomic mass is 35.5. The van der Waals surface area contributed by atoms with Crippen molar-refractivity contribution >= 4 is 28.4 Å². The van der Waals surface area contributed by atoms with Gasteiger partial charge in [0.05, 0.1) is 23.6 Å². The van der Waals surface area contributed by atoms with Crippen LogP contribution in [0.25, 0.3) is 22.3 Å². The summed E-state index contributed by atoms with van der Waals surface area (Å²) in [5, 5.41) is 1.80. The average Bonchev–Trinajstić information content (AvgIpc) is 3.05. The van der Waals surface area contributed by atoms with Crippen LogP contribution in [0.3, 0.4) is 0 Å². The number of aryl methyl sites for hydroxylation is 1. The first-order valence-electron chi connectivity index (χ1n) is 10.2. The Kier molecular flexibility index (Phi) is 5.88. The van der Waals surface area contributed by atoms with Crippen molar-refractivity contribution in [3.8, 4) is 11.4 Å². The molecule has 0 radical (unpaired) electrons. The molecule has 6 heteroatoms. The van der Waals surface area contributed by atoms with E-state index < -0.39 is 0 Å². The van der Waals surface area contributed by atoms with E-state index in [1.54, 1.807) is 6.20 Å². The van der Waals surface area contributed by atoms with Crippen LogP contribution in [0.15, 0.2) is 42.6 Å². The van der Waals surface area contributed by atoms with Crippen LogP contribution in [-0.4, -0.2) is 46.1 Å². The molecule has 4 rings (SSSR count). The molecule has 1 aliphatic heterocycles. The molecule has 0 bridgehead atoms. The maximum Gasteiger partial charge on any atom is 0.222 e. The van der Waals surface area contributed by atoms with Crippen LogP contribution < -0.4 is 0 Å². The predicted octanol–water partition coefficient (Wildman–Crippen LogP) is 4.84. The minimum Gasteiger partial charge on any atom is -0.372 e. The van der Waals surface area contributed by atoms with Gasteiger partial charge in [-0.15, -0.1) is 0 Å². The van der Waals surface area contributed by atoms with Gasteiger partial charge in [0.25, 0.3) is 0 Å². The number of rotatable bonds is 5. The molecule has 3 aromatic rings. The summed E-state index contributed by atoms with van der Waals surface area (Å²) in [5.74, 6) is 0.198. The highest BCUT2D eigenvalue weighted by Gasteiger charge is 2.25. The van der Waals surface area contributed by atoms with Crippen LogP contribution in [0.1, 0.15) is 32.3 Å². The molecule has 1 aliphatic rings. The lowest BCUT2D eigenvalue weighted by Crippen LogP contribution is -2.48. The summed E-state index contributed by atoms with van der Waals surface area (Å²) < 4.78 is 5.74. The van der Waals surface area contributed by atoms with Crippen molar-refractivity contribution in [2.45, 2.75) is 45.3 Å². The standard InChI is InChI=1S/C23H26ClN3O2/c1-15-13-27(14-16(2)29-15)22(28)8-5-6-18-19-12-17(24)9-10-20(19)26-23(18)21-7-3-4-11-25-21/h3-4,7,9-12,15-16,26H,5-6,8,13-14H2,1-2H3. The maximum absolute atomic E-state index is 12.7. The number of morpholine rings is 1. The second kappa shape index (κ2) is 8.56. The second-order valence-corrected chi connectivity index (χ2v) is 8.23.